The first-order valence-electron chi connectivity index (χ1n) is 4.01. The van der Waals surface area contributed by atoms with Gasteiger partial charge in [-0.15, -0.1) is 0 Å². The van der Waals surface area contributed by atoms with Crippen LogP contribution in [0.3, 0.4) is 0 Å². The summed E-state index contributed by atoms with van der Waals surface area (Å²) in [5.41, 5.74) is 5.87. The highest BCUT2D eigenvalue weighted by Crippen LogP contribution is 2.17. The molecule has 0 aromatic heterocycles. The molecule has 0 saturated heterocycles. The average molecular weight is 192 g/mol. The summed E-state index contributed by atoms with van der Waals surface area (Å²) in [4.78, 5) is 0. The van der Waals surface area contributed by atoms with Gasteiger partial charge in [-0.2, -0.15) is 0 Å². The first-order valence-corrected chi connectivity index (χ1v) is 6.34. The normalized spacial score (nSPS) is 15.8. The Morgan fingerprint density at radius 3 is 2.08 bits per heavy atom. The summed E-state index contributed by atoms with van der Waals surface area (Å²) in [5.74, 6) is 0. The Labute approximate surface area is 75.9 Å². The van der Waals surface area contributed by atoms with Gasteiger partial charge in [0.1, 0.15) is 0 Å². The zero-order valence-electron chi connectivity index (χ0n) is 8.63. The third-order valence-corrected chi connectivity index (χ3v) is 2.47. The van der Waals surface area contributed by atoms with Crippen molar-refractivity contribution in [1.29, 1.82) is 0 Å². The maximum absolute atomic E-state index is 11.2. The maximum atomic E-state index is 11.2. The maximum Gasteiger partial charge on any atom is 0.0640 e. The Hall–Kier alpha value is -0.0900. The molecule has 0 amide bonds. The third kappa shape index (κ3) is 5.55. The van der Waals surface area contributed by atoms with Crippen LogP contribution in [0.2, 0.25) is 0 Å². The lowest BCUT2D eigenvalue weighted by molar-refractivity contribution is 0.327. The molecule has 0 aromatic carbocycles. The summed E-state index contributed by atoms with van der Waals surface area (Å²) in [6, 6.07) is -0.0155. The summed E-state index contributed by atoms with van der Waals surface area (Å²) in [5, 5.41) is 0. The minimum atomic E-state index is -1.98. The van der Waals surface area contributed by atoms with E-state index in [4.69, 9.17) is 5.73 Å². The Bertz CT molecular complexity index is 238. The highest BCUT2D eigenvalue weighted by molar-refractivity contribution is 7.92. The van der Waals surface area contributed by atoms with Crippen LogP contribution < -0.4 is 5.73 Å². The van der Waals surface area contributed by atoms with Crippen molar-refractivity contribution in [3.05, 3.63) is 0 Å². The molecule has 1 atom stereocenters. The predicted octanol–water partition coefficient (Wildman–Crippen LogP) is 1.09. The first-order chi connectivity index (χ1) is 5.13. The highest BCUT2D eigenvalue weighted by Gasteiger charge is 2.19. The lowest BCUT2D eigenvalue weighted by atomic mass is 9.88. The van der Waals surface area contributed by atoms with Crippen LogP contribution in [-0.4, -0.2) is 29.3 Å². The highest BCUT2D eigenvalue weighted by atomic mass is 32.2. The fourth-order valence-electron chi connectivity index (χ4n) is 0.534. The van der Waals surface area contributed by atoms with E-state index in [0.29, 0.717) is 6.54 Å². The Kier molecular flexibility index (Phi) is 3.72. The summed E-state index contributed by atoms with van der Waals surface area (Å²) >= 11 is 0. The second-order valence-corrected chi connectivity index (χ2v) is 7.09. The van der Waals surface area contributed by atoms with Crippen LogP contribution in [0.5, 0.6) is 0 Å². The minimum Gasteiger partial charge on any atom is -0.326 e. The second-order valence-electron chi connectivity index (χ2n) is 4.47. The molecule has 0 bridgehead atoms. The van der Waals surface area contributed by atoms with Crippen LogP contribution >= 0.6 is 0 Å². The van der Waals surface area contributed by atoms with E-state index in [1.165, 1.54) is 0 Å². The van der Waals surface area contributed by atoms with Crippen LogP contribution in [0.25, 0.3) is 0 Å². The van der Waals surface area contributed by atoms with Gasteiger partial charge in [0.2, 0.25) is 0 Å². The van der Waals surface area contributed by atoms with Crippen molar-refractivity contribution in [1.82, 2.24) is 0 Å². The SMILES string of the molecule is CC(C)(C)[C@@H](N)CN=S(C)(C)=O. The summed E-state index contributed by atoms with van der Waals surface area (Å²) in [7, 11) is -1.98. The van der Waals surface area contributed by atoms with E-state index in [-0.39, 0.29) is 11.5 Å². The van der Waals surface area contributed by atoms with E-state index >= 15 is 0 Å². The van der Waals surface area contributed by atoms with Crippen molar-refractivity contribution in [2.75, 3.05) is 19.1 Å². The van der Waals surface area contributed by atoms with Crippen molar-refractivity contribution >= 4 is 9.73 Å². The second kappa shape index (κ2) is 3.75. The molecule has 0 aliphatic carbocycles. The topological polar surface area (TPSA) is 55.4 Å². The van der Waals surface area contributed by atoms with E-state index < -0.39 is 9.73 Å². The molecule has 0 saturated carbocycles. The van der Waals surface area contributed by atoms with E-state index in [2.05, 4.69) is 25.1 Å². The van der Waals surface area contributed by atoms with Crippen molar-refractivity contribution < 1.29 is 4.21 Å². The van der Waals surface area contributed by atoms with Crippen molar-refractivity contribution in [3.63, 3.8) is 0 Å². The summed E-state index contributed by atoms with van der Waals surface area (Å²) in [6.07, 6.45) is 3.25. The van der Waals surface area contributed by atoms with Gasteiger partial charge in [0, 0.05) is 28.3 Å². The number of nitrogens with two attached hydrogens (primary N) is 1. The average Bonchev–Trinajstić information content (AvgIpc) is 1.78. The van der Waals surface area contributed by atoms with Gasteiger partial charge in [-0.3, -0.25) is 4.21 Å². The lowest BCUT2D eigenvalue weighted by Crippen LogP contribution is -2.37. The Morgan fingerprint density at radius 1 is 1.42 bits per heavy atom. The molecule has 2 N–H and O–H groups in total. The van der Waals surface area contributed by atoms with Gasteiger partial charge in [0.05, 0.1) is 6.54 Å². The number of hydrogen-bond donors (Lipinski definition) is 1. The number of rotatable bonds is 2. The molecule has 0 unspecified atom stereocenters. The molecular formula is C8H20N2OS. The fraction of sp³-hybridized carbons (Fsp3) is 1.00. The molecule has 0 aliphatic rings. The van der Waals surface area contributed by atoms with Crippen molar-refractivity contribution in [2.45, 2.75) is 26.8 Å². The third-order valence-electron chi connectivity index (χ3n) is 1.69. The van der Waals surface area contributed by atoms with E-state index in [0.717, 1.165) is 0 Å². The molecule has 4 heteroatoms. The number of hydrogen-bond acceptors (Lipinski definition) is 3. The first kappa shape index (κ1) is 11.9. The molecule has 0 aliphatic heterocycles. The fourth-order valence-corrected chi connectivity index (χ4v) is 1.05. The van der Waals surface area contributed by atoms with Gasteiger partial charge in [-0.1, -0.05) is 20.8 Å². The van der Waals surface area contributed by atoms with Gasteiger partial charge in [0.15, 0.2) is 0 Å². The van der Waals surface area contributed by atoms with Crippen LogP contribution in [-0.2, 0) is 9.73 Å². The molecule has 12 heavy (non-hydrogen) atoms. The van der Waals surface area contributed by atoms with Crippen LogP contribution in [0.1, 0.15) is 20.8 Å². The van der Waals surface area contributed by atoms with Crippen molar-refractivity contribution in [3.8, 4) is 0 Å². The molecule has 0 fully saturated rings. The largest absolute Gasteiger partial charge is 0.326 e. The molecule has 0 radical (unpaired) electrons. The van der Waals surface area contributed by atoms with Crippen molar-refractivity contribution in [2.24, 2.45) is 15.5 Å². The smallest absolute Gasteiger partial charge is 0.0640 e. The lowest BCUT2D eigenvalue weighted by Gasteiger charge is -2.25. The van der Waals surface area contributed by atoms with Gasteiger partial charge >= 0.3 is 0 Å². The van der Waals surface area contributed by atoms with Gasteiger partial charge < -0.3 is 5.73 Å². The quantitative estimate of drug-likeness (QED) is 0.712. The molecule has 0 spiro atoms. The van der Waals surface area contributed by atoms with E-state index in [9.17, 15) is 4.21 Å². The van der Waals surface area contributed by atoms with Crippen LogP contribution in [0.15, 0.2) is 4.36 Å². The molecule has 0 rings (SSSR count). The molecule has 0 heterocycles. The van der Waals surface area contributed by atoms with Crippen LogP contribution in [0.4, 0.5) is 0 Å². The summed E-state index contributed by atoms with van der Waals surface area (Å²) < 4.78 is 15.2. The zero-order valence-corrected chi connectivity index (χ0v) is 9.44. The minimum absolute atomic E-state index is 0.0155. The summed E-state index contributed by atoms with van der Waals surface area (Å²) in [6.45, 7) is 6.65. The Morgan fingerprint density at radius 2 is 1.83 bits per heavy atom. The van der Waals surface area contributed by atoms with Gasteiger partial charge in [-0.25, -0.2) is 4.36 Å². The molecule has 3 nitrogen and oxygen atoms in total. The molecule has 74 valence electrons. The number of nitrogens with zero attached hydrogens (tertiary/aromatic N) is 1. The predicted molar refractivity (Wildman–Crippen MR) is 54.7 cm³/mol. The van der Waals surface area contributed by atoms with Gasteiger partial charge in [-0.05, 0) is 5.41 Å². The molecular weight excluding hydrogens is 172 g/mol. The van der Waals surface area contributed by atoms with E-state index in [1.807, 2.05) is 0 Å². The monoisotopic (exact) mass is 192 g/mol. The van der Waals surface area contributed by atoms with E-state index in [1.54, 1.807) is 12.5 Å². The van der Waals surface area contributed by atoms with Gasteiger partial charge in [0.25, 0.3) is 0 Å². The van der Waals surface area contributed by atoms with Crippen LogP contribution in [0, 0.1) is 5.41 Å². The standard InChI is InChI=1S/C8H20N2OS/c1-8(2,3)7(9)6-10-12(4,5)11/h7H,6,9H2,1-5H3/t7-/m0/s1. The zero-order chi connectivity index (χ0) is 9.99. The Balaban J connectivity index is 4.24. The molecule has 0 aromatic rings.